The van der Waals surface area contributed by atoms with Crippen molar-refractivity contribution in [3.8, 4) is 0 Å². The van der Waals surface area contributed by atoms with E-state index in [0.29, 0.717) is 0 Å². The van der Waals surface area contributed by atoms with Gasteiger partial charge in [-0.2, -0.15) is 0 Å². The Kier molecular flexibility index (Phi) is 2.08. The minimum absolute atomic E-state index is 0.242. The van der Waals surface area contributed by atoms with E-state index in [9.17, 15) is 8.42 Å². The normalized spacial score (nSPS) is 29.8. The highest BCUT2D eigenvalue weighted by Crippen LogP contribution is 2.15. The Bertz CT molecular complexity index is 158. The van der Waals surface area contributed by atoms with Crippen LogP contribution >= 0.6 is 0 Å². The van der Waals surface area contributed by atoms with E-state index in [1.54, 1.807) is 0 Å². The van der Waals surface area contributed by atoms with Crippen LogP contribution < -0.4 is 0 Å². The van der Waals surface area contributed by atoms with Crippen molar-refractivity contribution in [3.63, 3.8) is 0 Å². The first-order valence-electron chi connectivity index (χ1n) is 3.13. The molecular formula is C5H11NO2S. The van der Waals surface area contributed by atoms with Crippen LogP contribution in [0.25, 0.3) is 0 Å². The van der Waals surface area contributed by atoms with E-state index in [-0.39, 0.29) is 6.04 Å². The molecule has 1 unspecified atom stereocenters. The zero-order valence-electron chi connectivity index (χ0n) is 5.41. The molecule has 1 saturated heterocycles. The molecule has 0 amide bonds. The fraction of sp³-hybridized carbons (Fsp3) is 1.00. The summed E-state index contributed by atoms with van der Waals surface area (Å²) in [5, 5.41) is 0. The predicted molar refractivity (Wildman–Crippen MR) is 35.7 cm³/mol. The van der Waals surface area contributed by atoms with Crippen molar-refractivity contribution in [3.05, 3.63) is 0 Å². The minimum atomic E-state index is -2.31. The van der Waals surface area contributed by atoms with Gasteiger partial charge in [0.15, 0.2) is 0 Å². The zero-order chi connectivity index (χ0) is 6.85. The number of rotatable bonds is 1. The molecular weight excluding hydrogens is 138 g/mol. The second kappa shape index (κ2) is 2.66. The Morgan fingerprint density at radius 3 is 2.44 bits per heavy atom. The quantitative estimate of drug-likeness (QED) is 0.533. The molecule has 0 N–H and O–H groups in total. The van der Waals surface area contributed by atoms with E-state index in [0.717, 1.165) is 19.4 Å². The minimum Gasteiger partial charge on any atom is -0.215 e. The van der Waals surface area contributed by atoms with Crippen molar-refractivity contribution in [2.24, 2.45) is 0 Å². The van der Waals surface area contributed by atoms with Crippen molar-refractivity contribution in [1.82, 2.24) is 4.31 Å². The molecule has 0 aromatic heterocycles. The third-order valence-corrected chi connectivity index (χ3v) is 2.74. The second-order valence-corrected chi connectivity index (χ2v) is 3.38. The maximum Gasteiger partial charge on any atom is 0.204 e. The van der Waals surface area contributed by atoms with Gasteiger partial charge in [-0.25, -0.2) is 12.7 Å². The van der Waals surface area contributed by atoms with Gasteiger partial charge in [0.25, 0.3) is 0 Å². The van der Waals surface area contributed by atoms with E-state index in [1.165, 1.54) is 4.31 Å². The summed E-state index contributed by atoms with van der Waals surface area (Å²) >= 11 is 0. The maximum absolute atomic E-state index is 10.4. The molecule has 4 heteroatoms. The summed E-state index contributed by atoms with van der Waals surface area (Å²) in [5.41, 5.74) is 0. The highest BCUT2D eigenvalue weighted by molar-refractivity contribution is 7.69. The third-order valence-electron chi connectivity index (χ3n) is 1.73. The van der Waals surface area contributed by atoms with Gasteiger partial charge >= 0.3 is 0 Å². The van der Waals surface area contributed by atoms with E-state index < -0.39 is 10.9 Å². The van der Waals surface area contributed by atoms with Gasteiger partial charge < -0.3 is 0 Å². The molecule has 3 nitrogen and oxygen atoms in total. The zero-order valence-corrected chi connectivity index (χ0v) is 6.30. The van der Waals surface area contributed by atoms with Gasteiger partial charge in [0.2, 0.25) is 10.9 Å². The molecule has 0 bridgehead atoms. The SMILES string of the molecule is CC1CCCN1[SH](=O)=O. The molecule has 0 saturated carbocycles. The highest BCUT2D eigenvalue weighted by Gasteiger charge is 2.21. The molecule has 0 radical (unpaired) electrons. The molecule has 1 fully saturated rings. The molecule has 54 valence electrons. The fourth-order valence-electron chi connectivity index (χ4n) is 1.16. The monoisotopic (exact) mass is 149 g/mol. The van der Waals surface area contributed by atoms with Gasteiger partial charge in [-0.15, -0.1) is 0 Å². The summed E-state index contributed by atoms with van der Waals surface area (Å²) in [6.07, 6.45) is 2.04. The molecule has 1 rings (SSSR count). The Morgan fingerprint density at radius 1 is 1.56 bits per heavy atom. The van der Waals surface area contributed by atoms with Crippen LogP contribution in [-0.2, 0) is 10.9 Å². The van der Waals surface area contributed by atoms with Crippen LogP contribution in [0, 0.1) is 0 Å². The lowest BCUT2D eigenvalue weighted by Crippen LogP contribution is -2.24. The lowest BCUT2D eigenvalue weighted by atomic mass is 10.3. The standard InChI is InChI=1S/C5H11NO2S/c1-5-3-2-4-6(5)9(7)8/h5,9H,2-4H2,1H3. The smallest absolute Gasteiger partial charge is 0.204 e. The second-order valence-electron chi connectivity index (χ2n) is 2.39. The largest absolute Gasteiger partial charge is 0.215 e. The van der Waals surface area contributed by atoms with Crippen molar-refractivity contribution in [2.75, 3.05) is 6.54 Å². The Morgan fingerprint density at radius 2 is 2.22 bits per heavy atom. The van der Waals surface area contributed by atoms with E-state index in [1.807, 2.05) is 6.92 Å². The van der Waals surface area contributed by atoms with Gasteiger partial charge in [-0.1, -0.05) is 0 Å². The average Bonchev–Trinajstić information content (AvgIpc) is 2.13. The van der Waals surface area contributed by atoms with Crippen molar-refractivity contribution in [2.45, 2.75) is 25.8 Å². The highest BCUT2D eigenvalue weighted by atomic mass is 32.2. The summed E-state index contributed by atoms with van der Waals surface area (Å²) in [5.74, 6) is 0. The summed E-state index contributed by atoms with van der Waals surface area (Å²) in [6, 6.07) is 0.242. The Balaban J connectivity index is 2.59. The third kappa shape index (κ3) is 1.43. The topological polar surface area (TPSA) is 37.4 Å². The van der Waals surface area contributed by atoms with Crippen molar-refractivity contribution < 1.29 is 8.42 Å². The lowest BCUT2D eigenvalue weighted by Gasteiger charge is -2.10. The molecule has 0 aromatic carbocycles. The molecule has 9 heavy (non-hydrogen) atoms. The lowest BCUT2D eigenvalue weighted by molar-refractivity contribution is 0.423. The summed E-state index contributed by atoms with van der Waals surface area (Å²) < 4.78 is 22.3. The summed E-state index contributed by atoms with van der Waals surface area (Å²) in [4.78, 5) is 0. The van der Waals surface area contributed by atoms with E-state index in [4.69, 9.17) is 0 Å². The van der Waals surface area contributed by atoms with Crippen LogP contribution in [0.15, 0.2) is 0 Å². The number of nitrogens with zero attached hydrogens (tertiary/aromatic N) is 1. The fourth-order valence-corrected chi connectivity index (χ4v) is 1.90. The first-order valence-corrected chi connectivity index (χ1v) is 4.26. The van der Waals surface area contributed by atoms with Gasteiger partial charge in [0, 0.05) is 12.6 Å². The van der Waals surface area contributed by atoms with Gasteiger partial charge in [-0.3, -0.25) is 0 Å². The number of hydrogen-bond acceptors (Lipinski definition) is 2. The Hall–Kier alpha value is -0.0900. The molecule has 0 aromatic rings. The van der Waals surface area contributed by atoms with Crippen LogP contribution in [0.4, 0.5) is 0 Å². The Labute approximate surface area is 56.7 Å². The van der Waals surface area contributed by atoms with Crippen LogP contribution in [0.1, 0.15) is 19.8 Å². The van der Waals surface area contributed by atoms with Crippen molar-refractivity contribution in [1.29, 1.82) is 0 Å². The van der Waals surface area contributed by atoms with Crippen LogP contribution in [0.2, 0.25) is 0 Å². The van der Waals surface area contributed by atoms with Crippen LogP contribution in [0.5, 0.6) is 0 Å². The summed E-state index contributed by atoms with van der Waals surface area (Å²) in [6.45, 7) is 2.66. The molecule has 0 aliphatic carbocycles. The number of hydrogen-bond donors (Lipinski definition) is 1. The molecule has 1 aliphatic rings. The molecule has 1 heterocycles. The maximum atomic E-state index is 10.4. The summed E-state index contributed by atoms with van der Waals surface area (Å²) in [7, 11) is -2.31. The first kappa shape index (κ1) is 7.02. The first-order chi connectivity index (χ1) is 4.22. The number of thiol groups is 1. The van der Waals surface area contributed by atoms with Gasteiger partial charge in [0.1, 0.15) is 0 Å². The van der Waals surface area contributed by atoms with Crippen LogP contribution in [0.3, 0.4) is 0 Å². The molecule has 1 aliphatic heterocycles. The predicted octanol–water partition coefficient (Wildman–Crippen LogP) is -0.00290. The average molecular weight is 149 g/mol. The van der Waals surface area contributed by atoms with Gasteiger partial charge in [0.05, 0.1) is 0 Å². The van der Waals surface area contributed by atoms with Crippen molar-refractivity contribution >= 4 is 10.9 Å². The molecule has 0 spiro atoms. The van der Waals surface area contributed by atoms with E-state index in [2.05, 4.69) is 0 Å². The van der Waals surface area contributed by atoms with Crippen LogP contribution in [-0.4, -0.2) is 25.3 Å². The van der Waals surface area contributed by atoms with Gasteiger partial charge in [-0.05, 0) is 19.8 Å². The van der Waals surface area contributed by atoms with E-state index >= 15 is 0 Å². The molecule has 1 atom stereocenters.